The molecule has 0 aromatic rings. The molecule has 15 heavy (non-hydrogen) atoms. The van der Waals surface area contributed by atoms with E-state index in [2.05, 4.69) is 21.5 Å². The third-order valence-electron chi connectivity index (χ3n) is 2.02. The average Bonchev–Trinajstić information content (AvgIpc) is 2.51. The van der Waals surface area contributed by atoms with Gasteiger partial charge in [-0.05, 0) is 20.1 Å². The fourth-order valence-electron chi connectivity index (χ4n) is 1.44. The Hall–Kier alpha value is -1.32. The van der Waals surface area contributed by atoms with E-state index in [0.717, 1.165) is 5.17 Å². The monoisotopic (exact) mass is 221 g/mol. The number of fused-ring (bicyclic) bond motifs is 1. The molecule has 0 radical (unpaired) electrons. The zero-order valence-corrected chi connectivity index (χ0v) is 9.59. The van der Waals surface area contributed by atoms with E-state index in [4.69, 9.17) is 5.26 Å². The first-order valence-corrected chi connectivity index (χ1v) is 5.70. The number of hydrogen-bond acceptors (Lipinski definition) is 6. The van der Waals surface area contributed by atoms with Gasteiger partial charge in [0.25, 0.3) is 0 Å². The summed E-state index contributed by atoms with van der Waals surface area (Å²) in [7, 11) is 0. The van der Waals surface area contributed by atoms with Gasteiger partial charge in [-0.3, -0.25) is 0 Å². The summed E-state index contributed by atoms with van der Waals surface area (Å²) in [5, 5.41) is 11.5. The summed E-state index contributed by atoms with van der Waals surface area (Å²) in [5.41, 5.74) is 3.29. The second-order valence-electron chi connectivity index (χ2n) is 3.71. The number of hydrogen-bond donors (Lipinski definition) is 1. The Morgan fingerprint density at radius 3 is 2.93 bits per heavy atom. The van der Waals surface area contributed by atoms with Crippen molar-refractivity contribution in [3.8, 4) is 6.07 Å². The van der Waals surface area contributed by atoms with Gasteiger partial charge in [0.15, 0.2) is 11.0 Å². The Morgan fingerprint density at radius 1 is 1.60 bits per heavy atom. The highest BCUT2D eigenvalue weighted by Crippen LogP contribution is 2.24. The lowest BCUT2D eigenvalue weighted by molar-refractivity contribution is 0.330. The summed E-state index contributed by atoms with van der Waals surface area (Å²) in [6.45, 7) is 3.90. The molecule has 0 fully saturated rings. The highest BCUT2D eigenvalue weighted by atomic mass is 32.2. The summed E-state index contributed by atoms with van der Waals surface area (Å²) < 4.78 is 0. The van der Waals surface area contributed by atoms with Crippen LogP contribution in [0.4, 0.5) is 0 Å². The lowest BCUT2D eigenvalue weighted by atomic mass is 10.2. The molecule has 6 heteroatoms. The number of amidine groups is 2. The third kappa shape index (κ3) is 1.64. The second-order valence-corrected chi connectivity index (χ2v) is 4.49. The van der Waals surface area contributed by atoms with E-state index >= 15 is 0 Å². The molecule has 0 saturated carbocycles. The summed E-state index contributed by atoms with van der Waals surface area (Å²) >= 11 is 1.51. The highest BCUT2D eigenvalue weighted by Gasteiger charge is 2.36. The van der Waals surface area contributed by atoms with Crippen LogP contribution in [0.5, 0.6) is 0 Å². The molecule has 0 aromatic heterocycles. The number of nitriles is 1. The van der Waals surface area contributed by atoms with Crippen molar-refractivity contribution >= 4 is 22.8 Å². The van der Waals surface area contributed by atoms with E-state index in [1.54, 1.807) is 11.2 Å². The van der Waals surface area contributed by atoms with Crippen molar-refractivity contribution in [2.45, 2.75) is 19.5 Å². The summed E-state index contributed by atoms with van der Waals surface area (Å²) in [6.07, 6.45) is 3.50. The first-order valence-electron chi connectivity index (χ1n) is 4.47. The quantitative estimate of drug-likeness (QED) is 0.665. The number of rotatable bonds is 0. The summed E-state index contributed by atoms with van der Waals surface area (Å²) in [4.78, 5) is 8.63. The molecule has 5 nitrogen and oxygen atoms in total. The molecule has 78 valence electrons. The molecule has 0 bridgehead atoms. The van der Waals surface area contributed by atoms with Crippen LogP contribution in [-0.4, -0.2) is 27.9 Å². The van der Waals surface area contributed by atoms with Crippen LogP contribution >= 0.6 is 11.8 Å². The molecule has 1 N–H and O–H groups in total. The van der Waals surface area contributed by atoms with Gasteiger partial charge in [-0.25, -0.2) is 15.0 Å². The number of aliphatic imine (C=N–C) groups is 2. The third-order valence-corrected chi connectivity index (χ3v) is 2.68. The zero-order valence-electron chi connectivity index (χ0n) is 8.77. The first-order chi connectivity index (χ1) is 7.07. The van der Waals surface area contributed by atoms with Crippen molar-refractivity contribution in [2.75, 3.05) is 6.26 Å². The second kappa shape index (κ2) is 3.36. The molecule has 2 aliphatic heterocycles. The van der Waals surface area contributed by atoms with Gasteiger partial charge < -0.3 is 0 Å². The van der Waals surface area contributed by atoms with Crippen LogP contribution in [0.25, 0.3) is 0 Å². The highest BCUT2D eigenvalue weighted by molar-refractivity contribution is 8.13. The van der Waals surface area contributed by atoms with Crippen LogP contribution in [-0.2, 0) is 0 Å². The van der Waals surface area contributed by atoms with Gasteiger partial charge in [-0.2, -0.15) is 10.7 Å². The molecule has 0 saturated heterocycles. The van der Waals surface area contributed by atoms with Crippen molar-refractivity contribution in [3.63, 3.8) is 0 Å². The fourth-order valence-corrected chi connectivity index (χ4v) is 1.92. The van der Waals surface area contributed by atoms with E-state index in [9.17, 15) is 0 Å². The van der Waals surface area contributed by atoms with Gasteiger partial charge in [-0.15, -0.1) is 0 Å². The maximum atomic E-state index is 8.94. The van der Waals surface area contributed by atoms with Gasteiger partial charge in [0, 0.05) is 0 Å². The number of thioether (sulfide) groups is 1. The molecular weight excluding hydrogens is 210 g/mol. The minimum Gasteiger partial charge on any atom is -0.242 e. The van der Waals surface area contributed by atoms with Crippen LogP contribution in [0.1, 0.15) is 13.8 Å². The van der Waals surface area contributed by atoms with Crippen molar-refractivity contribution in [1.29, 1.82) is 5.26 Å². The van der Waals surface area contributed by atoms with Crippen LogP contribution < -0.4 is 5.43 Å². The first kappa shape index (κ1) is 10.2. The lowest BCUT2D eigenvalue weighted by Gasteiger charge is -2.25. The Kier molecular flexibility index (Phi) is 2.29. The van der Waals surface area contributed by atoms with Gasteiger partial charge in [0.05, 0.1) is 6.20 Å². The molecule has 0 unspecified atom stereocenters. The van der Waals surface area contributed by atoms with E-state index in [-0.39, 0.29) is 5.66 Å². The predicted octanol–water partition coefficient (Wildman–Crippen LogP) is 1.08. The minimum atomic E-state index is -0.383. The Bertz CT molecular complexity index is 426. The molecular formula is C9H11N5S. The van der Waals surface area contributed by atoms with E-state index in [1.807, 2.05) is 20.1 Å². The van der Waals surface area contributed by atoms with Gasteiger partial charge >= 0.3 is 0 Å². The van der Waals surface area contributed by atoms with Crippen molar-refractivity contribution in [2.24, 2.45) is 9.98 Å². The van der Waals surface area contributed by atoms with Crippen LogP contribution in [0.3, 0.4) is 0 Å². The Morgan fingerprint density at radius 2 is 2.33 bits per heavy atom. The number of hydrazine groups is 1. The lowest BCUT2D eigenvalue weighted by Crippen LogP contribution is -2.48. The molecule has 0 aliphatic carbocycles. The molecule has 0 atom stereocenters. The smallest absolute Gasteiger partial charge is 0.184 e. The average molecular weight is 221 g/mol. The topological polar surface area (TPSA) is 63.8 Å². The fraction of sp³-hybridized carbons (Fsp3) is 0.444. The van der Waals surface area contributed by atoms with E-state index in [1.165, 1.54) is 11.8 Å². The normalized spacial score (nSPS) is 22.5. The predicted molar refractivity (Wildman–Crippen MR) is 61.1 cm³/mol. The SMILES string of the molecule is CSC1=NC=C(C#N)C2=NC(C)(C)NN12. The van der Waals surface area contributed by atoms with Crippen molar-refractivity contribution in [3.05, 3.63) is 11.8 Å². The van der Waals surface area contributed by atoms with Crippen LogP contribution in [0.2, 0.25) is 0 Å². The zero-order chi connectivity index (χ0) is 11.1. The largest absolute Gasteiger partial charge is 0.242 e. The summed E-state index contributed by atoms with van der Waals surface area (Å²) in [5.74, 6) is 0.654. The molecule has 0 aromatic carbocycles. The molecule has 0 amide bonds. The van der Waals surface area contributed by atoms with Gasteiger partial charge in [0.1, 0.15) is 17.3 Å². The van der Waals surface area contributed by atoms with E-state index in [0.29, 0.717) is 11.4 Å². The van der Waals surface area contributed by atoms with E-state index < -0.39 is 0 Å². The van der Waals surface area contributed by atoms with Crippen LogP contribution in [0.15, 0.2) is 21.8 Å². The Balaban J connectivity index is 2.46. The van der Waals surface area contributed by atoms with Gasteiger partial charge in [-0.1, -0.05) is 11.8 Å². The maximum Gasteiger partial charge on any atom is 0.184 e. The number of nitrogens with one attached hydrogen (secondary N) is 1. The van der Waals surface area contributed by atoms with Crippen molar-refractivity contribution in [1.82, 2.24) is 10.4 Å². The molecule has 2 heterocycles. The molecule has 0 spiro atoms. The number of nitrogens with zero attached hydrogens (tertiary/aromatic N) is 4. The minimum absolute atomic E-state index is 0.383. The van der Waals surface area contributed by atoms with Crippen LogP contribution in [0, 0.1) is 11.3 Å². The van der Waals surface area contributed by atoms with Gasteiger partial charge in [0.2, 0.25) is 0 Å². The maximum absolute atomic E-state index is 8.94. The summed E-state index contributed by atoms with van der Waals surface area (Å²) in [6, 6.07) is 2.09. The molecule has 2 aliphatic rings. The Labute approximate surface area is 92.5 Å². The van der Waals surface area contributed by atoms with Crippen molar-refractivity contribution < 1.29 is 0 Å². The standard InChI is InChI=1S/C9H11N5S/c1-9(2)12-7-6(4-10)5-11-8(15-3)14(7)13-9/h5,13H,1-3H3. The molecule has 2 rings (SSSR count).